The van der Waals surface area contributed by atoms with Crippen LogP contribution in [0.5, 0.6) is 0 Å². The highest BCUT2D eigenvalue weighted by Crippen LogP contribution is 2.32. The number of piperidine rings is 1. The first-order valence-corrected chi connectivity index (χ1v) is 11.4. The molecule has 0 unspecified atom stereocenters. The molecule has 34 heavy (non-hydrogen) atoms. The fourth-order valence-corrected chi connectivity index (χ4v) is 4.48. The van der Waals surface area contributed by atoms with Crippen molar-refractivity contribution in [3.8, 4) is 11.1 Å². The van der Waals surface area contributed by atoms with E-state index < -0.39 is 17.2 Å². The van der Waals surface area contributed by atoms with Gasteiger partial charge < -0.3 is 9.64 Å². The van der Waals surface area contributed by atoms with Crippen LogP contribution in [0.2, 0.25) is 0 Å². The average molecular weight is 468 g/mol. The van der Waals surface area contributed by atoms with Gasteiger partial charge in [0.05, 0.1) is 6.04 Å². The Bertz CT molecular complexity index is 1390. The van der Waals surface area contributed by atoms with E-state index in [1.807, 2.05) is 39.1 Å². The summed E-state index contributed by atoms with van der Waals surface area (Å²) in [4.78, 5) is 14.0. The number of hydrogen-bond acceptors (Lipinski definition) is 4. The molecule has 4 aromatic rings. The van der Waals surface area contributed by atoms with E-state index in [0.29, 0.717) is 53.3 Å². The van der Waals surface area contributed by atoms with E-state index in [-0.39, 0.29) is 17.7 Å². The number of rotatable bonds is 2. The molecule has 3 heterocycles. The quantitative estimate of drug-likeness (QED) is 0.394. The molecule has 2 aromatic carbocycles. The highest BCUT2D eigenvalue weighted by atomic mass is 19.1. The van der Waals surface area contributed by atoms with Crippen molar-refractivity contribution in [2.24, 2.45) is 7.05 Å². The van der Waals surface area contributed by atoms with Crippen molar-refractivity contribution >= 4 is 27.9 Å². The molecule has 7 nitrogen and oxygen atoms in total. The van der Waals surface area contributed by atoms with Crippen LogP contribution in [0.3, 0.4) is 0 Å². The third-order valence-corrected chi connectivity index (χ3v) is 6.08. The maximum absolute atomic E-state index is 15.0. The summed E-state index contributed by atoms with van der Waals surface area (Å²) in [7, 11) is 1.73. The first-order chi connectivity index (χ1) is 16.1. The lowest BCUT2D eigenvalue weighted by atomic mass is 10.0. The molecular weight excluding hydrogens is 440 g/mol. The van der Waals surface area contributed by atoms with Crippen LogP contribution in [0.15, 0.2) is 36.7 Å². The monoisotopic (exact) mass is 467 g/mol. The standard InChI is InChI=1S/C25H27F2N5O2/c1-25(2,3)34-24(33)31-7-5-19(6-8-31)32-14-18-10-16(12-21(27)23(18)29-32)15-9-17-13-30(4)28-22(17)20(26)11-15/h9-14,19H,5-8H2,1-4H3. The zero-order valence-electron chi connectivity index (χ0n) is 19.7. The molecule has 0 radical (unpaired) electrons. The molecule has 0 aliphatic carbocycles. The SMILES string of the molecule is Cn1cc2cc(-c3cc(F)c4nn(C5CCN(C(=O)OC(C)(C)C)CC5)cc4c3)cc(F)c2n1. The second kappa shape index (κ2) is 8.07. The molecule has 5 rings (SSSR count). The van der Waals surface area contributed by atoms with Crippen LogP contribution in [-0.4, -0.2) is 49.2 Å². The Morgan fingerprint density at radius 2 is 1.50 bits per heavy atom. The smallest absolute Gasteiger partial charge is 0.410 e. The number of likely N-dealkylation sites (tertiary alicyclic amines) is 1. The van der Waals surface area contributed by atoms with E-state index in [0.717, 1.165) is 0 Å². The average Bonchev–Trinajstić information content (AvgIpc) is 3.36. The van der Waals surface area contributed by atoms with E-state index in [1.165, 1.54) is 12.1 Å². The third-order valence-electron chi connectivity index (χ3n) is 6.08. The van der Waals surface area contributed by atoms with Gasteiger partial charge in [0.15, 0.2) is 11.6 Å². The maximum Gasteiger partial charge on any atom is 0.410 e. The van der Waals surface area contributed by atoms with Crippen LogP contribution >= 0.6 is 0 Å². The van der Waals surface area contributed by atoms with Gasteiger partial charge >= 0.3 is 6.09 Å². The van der Waals surface area contributed by atoms with Gasteiger partial charge in [0.25, 0.3) is 0 Å². The number of amides is 1. The summed E-state index contributed by atoms with van der Waals surface area (Å²) >= 11 is 0. The lowest BCUT2D eigenvalue weighted by Gasteiger charge is -2.33. The number of halogens is 2. The zero-order valence-corrected chi connectivity index (χ0v) is 19.7. The number of carbonyl (C=O) groups is 1. The summed E-state index contributed by atoms with van der Waals surface area (Å²) in [6.07, 6.45) is 4.65. The Balaban J connectivity index is 1.39. The highest BCUT2D eigenvalue weighted by Gasteiger charge is 2.28. The Labute approximate surface area is 195 Å². The molecule has 1 aliphatic heterocycles. The number of fused-ring (bicyclic) bond motifs is 2. The van der Waals surface area contributed by atoms with Gasteiger partial charge in [-0.2, -0.15) is 10.2 Å². The van der Waals surface area contributed by atoms with Crippen LogP contribution in [-0.2, 0) is 11.8 Å². The number of benzene rings is 2. The Kier molecular flexibility index (Phi) is 5.30. The first-order valence-electron chi connectivity index (χ1n) is 11.4. The number of aromatic nitrogens is 4. The van der Waals surface area contributed by atoms with Crippen molar-refractivity contribution < 1.29 is 18.3 Å². The van der Waals surface area contributed by atoms with Crippen molar-refractivity contribution in [1.29, 1.82) is 0 Å². The predicted octanol–water partition coefficient (Wildman–Crippen LogP) is 5.44. The van der Waals surface area contributed by atoms with Crippen LogP contribution in [0.25, 0.3) is 32.9 Å². The van der Waals surface area contributed by atoms with Crippen molar-refractivity contribution in [1.82, 2.24) is 24.5 Å². The molecule has 1 fully saturated rings. The van der Waals surface area contributed by atoms with Crippen LogP contribution in [0.1, 0.15) is 39.7 Å². The van der Waals surface area contributed by atoms with E-state index in [9.17, 15) is 9.18 Å². The second-order valence-corrected chi connectivity index (χ2v) is 9.90. The Morgan fingerprint density at radius 1 is 0.941 bits per heavy atom. The van der Waals surface area contributed by atoms with Crippen molar-refractivity contribution in [2.45, 2.75) is 45.3 Å². The van der Waals surface area contributed by atoms with Crippen molar-refractivity contribution in [3.63, 3.8) is 0 Å². The first kappa shape index (κ1) is 22.3. The predicted molar refractivity (Wildman–Crippen MR) is 125 cm³/mol. The van der Waals surface area contributed by atoms with Gasteiger partial charge in [-0.25, -0.2) is 13.6 Å². The lowest BCUT2D eigenvalue weighted by Crippen LogP contribution is -2.42. The topological polar surface area (TPSA) is 65.2 Å². The molecular formula is C25H27F2N5O2. The lowest BCUT2D eigenvalue weighted by molar-refractivity contribution is 0.0185. The molecule has 1 aliphatic rings. The van der Waals surface area contributed by atoms with Crippen LogP contribution < -0.4 is 0 Å². The van der Waals surface area contributed by atoms with Crippen LogP contribution in [0.4, 0.5) is 13.6 Å². The molecule has 9 heteroatoms. The van der Waals surface area contributed by atoms with Gasteiger partial charge in [-0.05, 0) is 69.0 Å². The normalized spacial score (nSPS) is 15.4. The molecule has 178 valence electrons. The summed E-state index contributed by atoms with van der Waals surface area (Å²) < 4.78 is 38.4. The molecule has 0 spiro atoms. The third kappa shape index (κ3) is 4.22. The van der Waals surface area contributed by atoms with Gasteiger partial charge in [-0.1, -0.05) is 0 Å². The minimum absolute atomic E-state index is 0.0538. The summed E-state index contributed by atoms with van der Waals surface area (Å²) in [6.45, 7) is 6.64. The van der Waals surface area contributed by atoms with E-state index in [1.54, 1.807) is 27.5 Å². The zero-order chi connectivity index (χ0) is 24.2. The summed E-state index contributed by atoms with van der Waals surface area (Å²) in [6, 6.07) is 6.46. The van der Waals surface area contributed by atoms with Crippen molar-refractivity contribution in [3.05, 3.63) is 48.3 Å². The van der Waals surface area contributed by atoms with Gasteiger partial charge in [-0.15, -0.1) is 0 Å². The van der Waals surface area contributed by atoms with Gasteiger partial charge in [0.2, 0.25) is 0 Å². The molecule has 0 atom stereocenters. The number of ether oxygens (including phenoxy) is 1. The fraction of sp³-hybridized carbons (Fsp3) is 0.400. The van der Waals surface area contributed by atoms with E-state index >= 15 is 4.39 Å². The highest BCUT2D eigenvalue weighted by molar-refractivity contribution is 5.89. The molecule has 0 saturated carbocycles. The number of hydrogen-bond donors (Lipinski definition) is 0. The summed E-state index contributed by atoms with van der Waals surface area (Å²) in [5.74, 6) is -0.898. The minimum Gasteiger partial charge on any atom is -0.444 e. The number of aryl methyl sites for hydroxylation is 1. The molecule has 1 saturated heterocycles. The number of carbonyl (C=O) groups excluding carboxylic acids is 1. The Morgan fingerprint density at radius 3 is 2.09 bits per heavy atom. The minimum atomic E-state index is -0.534. The van der Waals surface area contributed by atoms with E-state index in [4.69, 9.17) is 4.74 Å². The van der Waals surface area contributed by atoms with E-state index in [2.05, 4.69) is 10.2 Å². The molecule has 2 aromatic heterocycles. The molecule has 1 amide bonds. The van der Waals surface area contributed by atoms with Gasteiger partial charge in [-0.3, -0.25) is 9.36 Å². The molecule has 0 N–H and O–H groups in total. The fourth-order valence-electron chi connectivity index (χ4n) is 4.48. The molecule has 0 bridgehead atoms. The van der Waals surface area contributed by atoms with Gasteiger partial charge in [0, 0.05) is 43.3 Å². The van der Waals surface area contributed by atoms with Gasteiger partial charge in [0.1, 0.15) is 16.6 Å². The van der Waals surface area contributed by atoms with Crippen LogP contribution in [0, 0.1) is 11.6 Å². The summed E-state index contributed by atoms with van der Waals surface area (Å²) in [5, 5.41) is 9.92. The Hall–Kier alpha value is -3.49. The number of nitrogens with zero attached hydrogens (tertiary/aromatic N) is 5. The summed E-state index contributed by atoms with van der Waals surface area (Å²) in [5.41, 5.74) is 1.19. The second-order valence-electron chi connectivity index (χ2n) is 9.90. The maximum atomic E-state index is 15.0. The van der Waals surface area contributed by atoms with Crippen molar-refractivity contribution in [2.75, 3.05) is 13.1 Å². The largest absolute Gasteiger partial charge is 0.444 e.